The van der Waals surface area contributed by atoms with E-state index in [-0.39, 0.29) is 30.5 Å². The lowest BCUT2D eigenvalue weighted by Gasteiger charge is -2.35. The maximum atomic E-state index is 13.3. The molecule has 0 amide bonds. The molecule has 1 aromatic heterocycles. The highest BCUT2D eigenvalue weighted by Crippen LogP contribution is 2.34. The van der Waals surface area contributed by atoms with E-state index in [2.05, 4.69) is 18.5 Å². The van der Waals surface area contributed by atoms with Crippen LogP contribution in [0.4, 0.5) is 0 Å². The molecular formula is C28H44N2O5S. The number of ketones is 1. The molecule has 1 aliphatic rings. The molecule has 1 unspecified atom stereocenters. The second kappa shape index (κ2) is 12.6. The van der Waals surface area contributed by atoms with Gasteiger partial charge in [0.05, 0.1) is 34.2 Å². The molecule has 0 spiro atoms. The summed E-state index contributed by atoms with van der Waals surface area (Å²) < 4.78 is 5.81. The van der Waals surface area contributed by atoms with Crippen LogP contribution in [0.3, 0.4) is 0 Å². The Morgan fingerprint density at radius 3 is 2.58 bits per heavy atom. The highest BCUT2D eigenvalue weighted by molar-refractivity contribution is 7.09. The number of rotatable bonds is 3. The molecule has 0 aliphatic carbocycles. The highest BCUT2D eigenvalue weighted by Gasteiger charge is 2.42. The van der Waals surface area contributed by atoms with E-state index in [0.29, 0.717) is 18.4 Å². The number of aromatic nitrogens is 1. The normalized spacial score (nSPS) is 36.4. The average molecular weight is 521 g/mol. The van der Waals surface area contributed by atoms with Gasteiger partial charge in [0.2, 0.25) is 0 Å². The zero-order valence-corrected chi connectivity index (χ0v) is 23.4. The number of nitrogens with two attached hydrogens (primary N) is 1. The van der Waals surface area contributed by atoms with Crippen molar-refractivity contribution in [1.29, 1.82) is 0 Å². The minimum Gasteiger partial charge on any atom is -0.456 e. The maximum Gasteiger partial charge on any atom is 0.309 e. The van der Waals surface area contributed by atoms with E-state index >= 15 is 0 Å². The van der Waals surface area contributed by atoms with Crippen LogP contribution in [0.1, 0.15) is 83.8 Å². The molecule has 4 N–H and O–H groups in total. The molecule has 2 rings (SSSR count). The first kappa shape index (κ1) is 30.4. The fourth-order valence-corrected chi connectivity index (χ4v) is 5.72. The van der Waals surface area contributed by atoms with Crippen LogP contribution < -0.4 is 5.73 Å². The van der Waals surface area contributed by atoms with Crippen molar-refractivity contribution in [3.63, 3.8) is 0 Å². The van der Waals surface area contributed by atoms with Gasteiger partial charge in [-0.1, -0.05) is 32.8 Å². The van der Waals surface area contributed by atoms with Crippen LogP contribution in [-0.4, -0.2) is 50.8 Å². The zero-order valence-electron chi connectivity index (χ0n) is 22.6. The Hall–Kier alpha value is -1.87. The van der Waals surface area contributed by atoms with Crippen molar-refractivity contribution in [2.24, 2.45) is 23.0 Å². The zero-order chi connectivity index (χ0) is 27.3. The van der Waals surface area contributed by atoms with Crippen LogP contribution in [0.5, 0.6) is 0 Å². The lowest BCUT2D eigenvalue weighted by Crippen LogP contribution is -2.46. The van der Waals surface area contributed by atoms with Crippen LogP contribution in [0.25, 0.3) is 6.08 Å². The van der Waals surface area contributed by atoms with Gasteiger partial charge in [-0.25, -0.2) is 4.98 Å². The first-order valence-electron chi connectivity index (χ1n) is 12.8. The van der Waals surface area contributed by atoms with E-state index in [1.807, 2.05) is 32.2 Å². The molecule has 0 aromatic carbocycles. The van der Waals surface area contributed by atoms with Crippen LogP contribution in [0.2, 0.25) is 0 Å². The number of esters is 1. The van der Waals surface area contributed by atoms with Crippen molar-refractivity contribution >= 4 is 29.2 Å². The molecule has 1 fully saturated rings. The summed E-state index contributed by atoms with van der Waals surface area (Å²) in [6.45, 7) is 14.8. The van der Waals surface area contributed by atoms with Gasteiger partial charge in [-0.2, -0.15) is 0 Å². The fraction of sp³-hybridized carbons (Fsp3) is 0.679. The summed E-state index contributed by atoms with van der Waals surface area (Å²) in [6, 6.07) is -0.671. The van der Waals surface area contributed by atoms with Gasteiger partial charge in [0, 0.05) is 17.3 Å². The lowest BCUT2D eigenvalue weighted by molar-refractivity contribution is -0.154. The maximum absolute atomic E-state index is 13.3. The van der Waals surface area contributed by atoms with Gasteiger partial charge in [-0.3, -0.25) is 9.59 Å². The Bertz CT molecular complexity index is 955. The minimum atomic E-state index is -1.29. The first-order valence-corrected chi connectivity index (χ1v) is 13.7. The summed E-state index contributed by atoms with van der Waals surface area (Å²) in [6.07, 6.45) is 3.85. The third-order valence-electron chi connectivity index (χ3n) is 7.41. The third-order valence-corrected chi connectivity index (χ3v) is 8.20. The number of carbonyl (C=O) groups excluding carboxylic acids is 2. The Morgan fingerprint density at radius 1 is 1.33 bits per heavy atom. The van der Waals surface area contributed by atoms with Gasteiger partial charge in [-0.05, 0) is 64.5 Å². The Morgan fingerprint density at radius 2 is 2.00 bits per heavy atom. The molecule has 1 aliphatic heterocycles. The van der Waals surface area contributed by atoms with Gasteiger partial charge in [0.15, 0.2) is 0 Å². The summed E-state index contributed by atoms with van der Waals surface area (Å²) in [5.41, 5.74) is 5.65. The van der Waals surface area contributed by atoms with Crippen molar-refractivity contribution in [3.8, 4) is 0 Å². The SMILES string of the molecule is C=C[C@]1(C)C(=O)[C@H](C)C[C@@H](C)CCC[C@@](C)(O)CC(N)[C@@H](/C(C)=C/c2csc(C)n2)OC(=O)C[C@@H]1O. The molecule has 0 bridgehead atoms. The molecule has 0 saturated carbocycles. The minimum absolute atomic E-state index is 0.146. The Labute approximate surface area is 219 Å². The summed E-state index contributed by atoms with van der Waals surface area (Å²) in [4.78, 5) is 30.8. The Balaban J connectivity index is 2.41. The molecule has 7 nitrogen and oxygen atoms in total. The summed E-state index contributed by atoms with van der Waals surface area (Å²) in [5, 5.41) is 24.9. The van der Waals surface area contributed by atoms with Crippen LogP contribution in [0, 0.1) is 24.2 Å². The second-order valence-corrected chi connectivity index (χ2v) is 12.2. The molecule has 1 saturated heterocycles. The van der Waals surface area contributed by atoms with Crippen LogP contribution in [0.15, 0.2) is 23.6 Å². The number of ether oxygens (including phenoxy) is 1. The van der Waals surface area contributed by atoms with Gasteiger partial charge < -0.3 is 20.7 Å². The van der Waals surface area contributed by atoms with Crippen molar-refractivity contribution in [1.82, 2.24) is 4.98 Å². The number of hydrogen-bond donors (Lipinski definition) is 3. The lowest BCUT2D eigenvalue weighted by atomic mass is 9.72. The molecule has 1 aromatic rings. The predicted molar refractivity (Wildman–Crippen MR) is 144 cm³/mol. The van der Waals surface area contributed by atoms with Crippen LogP contribution in [-0.2, 0) is 14.3 Å². The van der Waals surface area contributed by atoms with Gasteiger partial charge in [0.25, 0.3) is 0 Å². The average Bonchev–Trinajstić information content (AvgIpc) is 3.19. The fourth-order valence-electron chi connectivity index (χ4n) is 5.15. The van der Waals surface area contributed by atoms with Crippen molar-refractivity contribution < 1.29 is 24.5 Å². The largest absolute Gasteiger partial charge is 0.456 e. The number of aliphatic hydroxyl groups excluding tert-OH is 1. The number of hydrogen-bond acceptors (Lipinski definition) is 8. The predicted octanol–water partition coefficient (Wildman–Crippen LogP) is 4.59. The first-order chi connectivity index (χ1) is 16.7. The van der Waals surface area contributed by atoms with Crippen molar-refractivity contribution in [2.75, 3.05) is 0 Å². The van der Waals surface area contributed by atoms with E-state index < -0.39 is 35.2 Å². The van der Waals surface area contributed by atoms with E-state index in [9.17, 15) is 19.8 Å². The molecule has 0 radical (unpaired) electrons. The molecule has 202 valence electrons. The number of cyclic esters (lactones) is 1. The van der Waals surface area contributed by atoms with E-state index in [1.165, 1.54) is 17.4 Å². The number of aryl methyl sites for hydroxylation is 1. The molecule has 7 atom stereocenters. The Kier molecular flexibility index (Phi) is 10.6. The smallest absolute Gasteiger partial charge is 0.309 e. The highest BCUT2D eigenvalue weighted by atomic mass is 32.1. The molecular weight excluding hydrogens is 476 g/mol. The number of thiazole rings is 1. The van der Waals surface area contributed by atoms with E-state index in [1.54, 1.807) is 13.8 Å². The quantitative estimate of drug-likeness (QED) is 0.393. The second-order valence-electron chi connectivity index (χ2n) is 11.2. The number of nitrogens with zero attached hydrogens (tertiary/aromatic N) is 1. The number of aliphatic hydroxyl groups is 2. The summed E-state index contributed by atoms with van der Waals surface area (Å²) >= 11 is 1.51. The molecule has 36 heavy (non-hydrogen) atoms. The molecule has 2 heterocycles. The number of carbonyl (C=O) groups is 2. The van der Waals surface area contributed by atoms with E-state index in [4.69, 9.17) is 10.5 Å². The standard InChI is InChI=1S/C28H44N2O5S/c1-8-28(7)23(31)14-24(32)35-25(18(3)13-21-16-36-20(5)30-21)22(29)15-27(6,34)11-9-10-17(2)12-19(4)26(28)33/h8,13,16-17,19,22-23,25,31,34H,1,9-12,14-15,29H2,2-7H3/b18-13+/t17-,19+,22?,23-,25+,27+,28-/m0/s1. The summed E-state index contributed by atoms with van der Waals surface area (Å²) in [5.74, 6) is -0.863. The molecule has 8 heteroatoms. The van der Waals surface area contributed by atoms with Gasteiger partial charge in [-0.15, -0.1) is 17.9 Å². The summed E-state index contributed by atoms with van der Waals surface area (Å²) in [7, 11) is 0. The van der Waals surface area contributed by atoms with Gasteiger partial charge >= 0.3 is 5.97 Å². The topological polar surface area (TPSA) is 123 Å². The monoisotopic (exact) mass is 520 g/mol. The van der Waals surface area contributed by atoms with E-state index in [0.717, 1.165) is 23.5 Å². The van der Waals surface area contributed by atoms with Crippen molar-refractivity contribution in [2.45, 2.75) is 104 Å². The van der Waals surface area contributed by atoms with Crippen LogP contribution >= 0.6 is 11.3 Å². The number of Topliss-reactive ketones (excluding diaryl/α,β-unsaturated/α-hetero) is 1. The van der Waals surface area contributed by atoms with Crippen molar-refractivity contribution in [3.05, 3.63) is 34.3 Å². The van der Waals surface area contributed by atoms with Gasteiger partial charge in [0.1, 0.15) is 11.9 Å². The third kappa shape index (κ3) is 8.07.